The minimum Gasteiger partial charge on any atom is -0.497 e. The molecule has 2 aromatic carbocycles. The Balaban J connectivity index is 0.00000272. The predicted octanol–water partition coefficient (Wildman–Crippen LogP) is 4.12. The quantitative estimate of drug-likeness (QED) is 0.296. The molecule has 0 amide bonds. The lowest BCUT2D eigenvalue weighted by atomic mass is 9.98. The fraction of sp³-hybridized carbons (Fsp3) is 0.333. The molecule has 6 nitrogen and oxygen atoms in total. The Hall–Kier alpha value is -2.55. The van der Waals surface area contributed by atoms with Gasteiger partial charge in [0.05, 0.1) is 13.7 Å². The maximum atomic E-state index is 5.28. The van der Waals surface area contributed by atoms with E-state index in [1.807, 2.05) is 42.3 Å². The van der Waals surface area contributed by atoms with Crippen molar-refractivity contribution in [3.8, 4) is 5.75 Å². The van der Waals surface area contributed by atoms with E-state index in [4.69, 9.17) is 4.74 Å². The number of halogens is 1. The van der Waals surface area contributed by atoms with E-state index in [2.05, 4.69) is 56.7 Å². The number of hydrogen-bond donors (Lipinski definition) is 1. The molecular weight excluding hydrogens is 501 g/mol. The number of aromatic nitrogens is 2. The SMILES string of the molecule is CN=C(NCc1cccc(Cn2cccn2)c1)N1CCC(c2ccc(OC)cc2)C1.I. The van der Waals surface area contributed by atoms with Gasteiger partial charge in [-0.25, -0.2) is 0 Å². The Labute approximate surface area is 201 Å². The molecule has 31 heavy (non-hydrogen) atoms. The standard InChI is InChI=1S/C24H29N5O.HI/c1-25-24(28-14-11-22(18-28)21-7-9-23(30-2)10-8-21)26-16-19-5-3-6-20(15-19)17-29-13-4-12-27-29;/h3-10,12-13,15,22H,11,14,16-18H2,1-2H3,(H,25,26);1H. The number of ether oxygens (including phenoxy) is 1. The number of guanidine groups is 1. The van der Waals surface area contributed by atoms with Crippen LogP contribution in [0.1, 0.15) is 29.0 Å². The molecule has 1 aliphatic heterocycles. The van der Waals surface area contributed by atoms with Crippen LogP contribution in [0.25, 0.3) is 0 Å². The van der Waals surface area contributed by atoms with Crippen LogP contribution in [0.3, 0.4) is 0 Å². The summed E-state index contributed by atoms with van der Waals surface area (Å²) in [5, 5.41) is 7.83. The number of nitrogens with one attached hydrogen (secondary N) is 1. The van der Waals surface area contributed by atoms with E-state index >= 15 is 0 Å². The van der Waals surface area contributed by atoms with Gasteiger partial charge in [-0.15, -0.1) is 24.0 Å². The topological polar surface area (TPSA) is 54.7 Å². The van der Waals surface area contributed by atoms with Gasteiger partial charge in [0.15, 0.2) is 5.96 Å². The van der Waals surface area contributed by atoms with E-state index in [-0.39, 0.29) is 24.0 Å². The molecule has 1 unspecified atom stereocenters. The highest BCUT2D eigenvalue weighted by Gasteiger charge is 2.26. The van der Waals surface area contributed by atoms with Gasteiger partial charge in [-0.05, 0) is 41.3 Å². The van der Waals surface area contributed by atoms with Gasteiger partial charge in [0.1, 0.15) is 5.75 Å². The van der Waals surface area contributed by atoms with Crippen molar-refractivity contribution in [3.63, 3.8) is 0 Å². The van der Waals surface area contributed by atoms with Crippen LogP contribution >= 0.6 is 24.0 Å². The van der Waals surface area contributed by atoms with Crippen LogP contribution in [0.4, 0.5) is 0 Å². The molecule has 1 fully saturated rings. The Morgan fingerprint density at radius 3 is 2.68 bits per heavy atom. The van der Waals surface area contributed by atoms with Crippen molar-refractivity contribution in [2.24, 2.45) is 4.99 Å². The second-order valence-electron chi connectivity index (χ2n) is 7.63. The van der Waals surface area contributed by atoms with Crippen molar-refractivity contribution >= 4 is 29.9 Å². The molecule has 1 N–H and O–H groups in total. The Kier molecular flexibility index (Phi) is 8.34. The molecule has 164 valence electrons. The highest BCUT2D eigenvalue weighted by Crippen LogP contribution is 2.28. The summed E-state index contributed by atoms with van der Waals surface area (Å²) in [5.41, 5.74) is 3.85. The van der Waals surface area contributed by atoms with Crippen LogP contribution in [0.15, 0.2) is 72.0 Å². The lowest BCUT2D eigenvalue weighted by Gasteiger charge is -2.22. The van der Waals surface area contributed by atoms with Crippen LogP contribution in [0.2, 0.25) is 0 Å². The lowest BCUT2D eigenvalue weighted by molar-refractivity contribution is 0.414. The zero-order valence-corrected chi connectivity index (χ0v) is 20.4. The molecule has 0 spiro atoms. The third-order valence-electron chi connectivity index (χ3n) is 5.63. The maximum Gasteiger partial charge on any atom is 0.193 e. The Bertz CT molecular complexity index is 972. The van der Waals surface area contributed by atoms with Crippen molar-refractivity contribution in [2.75, 3.05) is 27.2 Å². The highest BCUT2D eigenvalue weighted by atomic mass is 127. The first kappa shape index (κ1) is 23.1. The first-order valence-corrected chi connectivity index (χ1v) is 10.4. The van der Waals surface area contributed by atoms with Crippen molar-refractivity contribution in [1.82, 2.24) is 20.0 Å². The highest BCUT2D eigenvalue weighted by molar-refractivity contribution is 14.0. The van der Waals surface area contributed by atoms with Crippen molar-refractivity contribution in [3.05, 3.63) is 83.7 Å². The van der Waals surface area contributed by atoms with Crippen molar-refractivity contribution in [2.45, 2.75) is 25.4 Å². The molecule has 7 heteroatoms. The monoisotopic (exact) mass is 531 g/mol. The summed E-state index contributed by atoms with van der Waals surface area (Å²) in [5.74, 6) is 2.39. The molecule has 0 aliphatic carbocycles. The minimum atomic E-state index is 0. The Morgan fingerprint density at radius 1 is 1.16 bits per heavy atom. The maximum absolute atomic E-state index is 5.28. The summed E-state index contributed by atoms with van der Waals surface area (Å²) in [6, 6.07) is 19.0. The van der Waals surface area contributed by atoms with Crippen molar-refractivity contribution in [1.29, 1.82) is 0 Å². The van der Waals surface area contributed by atoms with Crippen LogP contribution in [0.5, 0.6) is 5.75 Å². The fourth-order valence-electron chi connectivity index (χ4n) is 4.03. The normalized spacial score (nSPS) is 16.1. The largest absolute Gasteiger partial charge is 0.497 e. The van der Waals surface area contributed by atoms with E-state index in [9.17, 15) is 0 Å². The van der Waals surface area contributed by atoms with Gasteiger partial charge in [-0.1, -0.05) is 36.4 Å². The number of likely N-dealkylation sites (tertiary alicyclic amines) is 1. The molecule has 0 saturated carbocycles. The molecule has 2 heterocycles. The molecule has 1 aliphatic rings. The number of nitrogens with zero attached hydrogens (tertiary/aromatic N) is 4. The summed E-state index contributed by atoms with van der Waals surface area (Å²) < 4.78 is 7.22. The van der Waals surface area contributed by atoms with E-state index < -0.39 is 0 Å². The smallest absolute Gasteiger partial charge is 0.193 e. The average molecular weight is 531 g/mol. The summed E-state index contributed by atoms with van der Waals surface area (Å²) in [4.78, 5) is 6.87. The second kappa shape index (κ2) is 11.2. The van der Waals surface area contributed by atoms with E-state index in [0.717, 1.165) is 44.3 Å². The van der Waals surface area contributed by atoms with Gasteiger partial charge in [0.2, 0.25) is 0 Å². The number of aliphatic imine (C=N–C) groups is 1. The van der Waals surface area contributed by atoms with Crippen LogP contribution in [-0.4, -0.2) is 47.9 Å². The lowest BCUT2D eigenvalue weighted by Crippen LogP contribution is -2.39. The Morgan fingerprint density at radius 2 is 1.97 bits per heavy atom. The number of hydrogen-bond acceptors (Lipinski definition) is 3. The molecule has 3 aromatic rings. The molecule has 0 bridgehead atoms. The first-order chi connectivity index (χ1) is 14.7. The van der Waals surface area contributed by atoms with Gasteiger partial charge >= 0.3 is 0 Å². The van der Waals surface area contributed by atoms with E-state index in [1.165, 1.54) is 16.7 Å². The van der Waals surface area contributed by atoms with E-state index in [1.54, 1.807) is 7.11 Å². The molecule has 4 rings (SSSR count). The summed E-state index contributed by atoms with van der Waals surface area (Å²) >= 11 is 0. The predicted molar refractivity (Wildman–Crippen MR) is 135 cm³/mol. The van der Waals surface area contributed by atoms with Gasteiger partial charge in [0, 0.05) is 45.0 Å². The average Bonchev–Trinajstić information content (AvgIpc) is 3.47. The zero-order chi connectivity index (χ0) is 20.8. The van der Waals surface area contributed by atoms with Gasteiger partial charge < -0.3 is 15.0 Å². The van der Waals surface area contributed by atoms with Gasteiger partial charge in [-0.3, -0.25) is 9.67 Å². The number of methoxy groups -OCH3 is 1. The van der Waals surface area contributed by atoms with Gasteiger partial charge in [-0.2, -0.15) is 5.10 Å². The summed E-state index contributed by atoms with van der Waals surface area (Å²) in [6.45, 7) is 3.52. The fourth-order valence-corrected chi connectivity index (χ4v) is 4.03. The zero-order valence-electron chi connectivity index (χ0n) is 18.1. The minimum absolute atomic E-state index is 0. The first-order valence-electron chi connectivity index (χ1n) is 10.4. The number of benzene rings is 2. The van der Waals surface area contributed by atoms with Crippen LogP contribution in [-0.2, 0) is 13.1 Å². The summed E-state index contributed by atoms with van der Waals surface area (Å²) in [7, 11) is 3.56. The van der Waals surface area contributed by atoms with Gasteiger partial charge in [0.25, 0.3) is 0 Å². The molecule has 1 aromatic heterocycles. The molecule has 1 atom stereocenters. The van der Waals surface area contributed by atoms with Crippen LogP contribution < -0.4 is 10.1 Å². The number of rotatable bonds is 6. The van der Waals surface area contributed by atoms with Crippen molar-refractivity contribution < 1.29 is 4.74 Å². The molecular formula is C24H30IN5O. The third-order valence-corrected chi connectivity index (χ3v) is 5.63. The molecule has 1 saturated heterocycles. The second-order valence-corrected chi connectivity index (χ2v) is 7.63. The third kappa shape index (κ3) is 6.00. The van der Waals surface area contributed by atoms with E-state index in [0.29, 0.717) is 5.92 Å². The summed E-state index contributed by atoms with van der Waals surface area (Å²) in [6.07, 6.45) is 4.93. The molecule has 0 radical (unpaired) electrons. The van der Waals surface area contributed by atoms with Crippen LogP contribution in [0, 0.1) is 0 Å².